The third-order valence-corrected chi connectivity index (χ3v) is 4.15. The third kappa shape index (κ3) is 4.79. The van der Waals surface area contributed by atoms with Gasteiger partial charge in [-0.15, -0.1) is 0 Å². The molecule has 0 spiro atoms. The van der Waals surface area contributed by atoms with Crippen LogP contribution in [0.2, 0.25) is 0 Å². The molecule has 1 aliphatic rings. The summed E-state index contributed by atoms with van der Waals surface area (Å²) >= 11 is 0. The molecule has 2 N–H and O–H groups in total. The molecule has 1 saturated heterocycles. The summed E-state index contributed by atoms with van der Waals surface area (Å²) in [6, 6.07) is 0.331. The maximum Gasteiger partial charge on any atom is 0.236 e. The van der Waals surface area contributed by atoms with Gasteiger partial charge in [-0.3, -0.25) is 14.6 Å². The van der Waals surface area contributed by atoms with Gasteiger partial charge >= 0.3 is 0 Å². The number of carbonyl (C=O) groups excluding carboxylic acids is 1. The van der Waals surface area contributed by atoms with Crippen molar-refractivity contribution >= 4 is 5.91 Å². The second-order valence-electron chi connectivity index (χ2n) is 6.31. The van der Waals surface area contributed by atoms with E-state index in [-0.39, 0.29) is 5.91 Å². The second-order valence-corrected chi connectivity index (χ2v) is 6.31. The normalized spacial score (nSPS) is 20.6. The van der Waals surface area contributed by atoms with Crippen molar-refractivity contribution in [3.05, 3.63) is 18.2 Å². The number of rotatable bonds is 5. The number of amides is 1. The zero-order chi connectivity index (χ0) is 16.1. The van der Waals surface area contributed by atoms with Gasteiger partial charge in [0.05, 0.1) is 19.0 Å². The number of aromatic amines is 1. The second kappa shape index (κ2) is 7.71. The molecule has 0 saturated carbocycles. The van der Waals surface area contributed by atoms with Crippen molar-refractivity contribution in [1.29, 1.82) is 0 Å². The standard InChI is InChI=1S/C15H27N5O2/c1-12(2)18(3)10-15(22)20-5-4-19(8-14(21)9-20)7-13-6-16-11-17-13/h6,11-12,14,21H,4-5,7-10H2,1-3H3,(H,16,17)/t14-/m1/s1. The van der Waals surface area contributed by atoms with Crippen molar-refractivity contribution in [2.45, 2.75) is 32.5 Å². The van der Waals surface area contributed by atoms with Crippen LogP contribution < -0.4 is 0 Å². The summed E-state index contributed by atoms with van der Waals surface area (Å²) in [6.07, 6.45) is 2.93. The lowest BCUT2D eigenvalue weighted by molar-refractivity contribution is -0.133. The predicted octanol–water partition coefficient (Wildman–Crippen LogP) is -0.245. The van der Waals surface area contributed by atoms with Crippen LogP contribution in [0, 0.1) is 0 Å². The number of aliphatic hydroxyl groups is 1. The lowest BCUT2D eigenvalue weighted by Gasteiger charge is -2.26. The molecular formula is C15H27N5O2. The topological polar surface area (TPSA) is 75.7 Å². The third-order valence-electron chi connectivity index (χ3n) is 4.15. The average molecular weight is 309 g/mol. The maximum atomic E-state index is 12.4. The highest BCUT2D eigenvalue weighted by Crippen LogP contribution is 2.08. The Morgan fingerprint density at radius 3 is 2.91 bits per heavy atom. The van der Waals surface area contributed by atoms with Gasteiger partial charge in [0.1, 0.15) is 0 Å². The smallest absolute Gasteiger partial charge is 0.236 e. The SMILES string of the molecule is CC(C)N(C)CC(=O)N1CCN(Cc2cnc[nH]2)C[C@@H](O)C1. The molecule has 0 unspecified atom stereocenters. The number of hydrogen-bond donors (Lipinski definition) is 2. The zero-order valence-corrected chi connectivity index (χ0v) is 13.7. The van der Waals surface area contributed by atoms with Gasteiger partial charge in [0.25, 0.3) is 0 Å². The average Bonchev–Trinajstić information content (AvgIpc) is 2.88. The Kier molecular flexibility index (Phi) is 5.93. The molecule has 22 heavy (non-hydrogen) atoms. The molecule has 1 amide bonds. The zero-order valence-electron chi connectivity index (χ0n) is 13.7. The van der Waals surface area contributed by atoms with Crippen molar-refractivity contribution < 1.29 is 9.90 Å². The van der Waals surface area contributed by atoms with Gasteiger partial charge in [0.2, 0.25) is 5.91 Å². The Balaban J connectivity index is 1.89. The van der Waals surface area contributed by atoms with E-state index in [0.29, 0.717) is 38.8 Å². The molecule has 0 aliphatic carbocycles. The minimum atomic E-state index is -0.515. The van der Waals surface area contributed by atoms with Gasteiger partial charge in [-0.25, -0.2) is 4.98 Å². The number of H-pyrrole nitrogens is 1. The number of likely N-dealkylation sites (N-methyl/N-ethyl adjacent to an activating group) is 1. The van der Waals surface area contributed by atoms with E-state index in [0.717, 1.165) is 12.2 Å². The minimum Gasteiger partial charge on any atom is -0.390 e. The number of carbonyl (C=O) groups is 1. The van der Waals surface area contributed by atoms with E-state index in [1.165, 1.54) is 0 Å². The van der Waals surface area contributed by atoms with Crippen LogP contribution in [0.1, 0.15) is 19.5 Å². The molecule has 1 aromatic rings. The van der Waals surface area contributed by atoms with Crippen LogP contribution in [0.15, 0.2) is 12.5 Å². The molecule has 124 valence electrons. The first-order chi connectivity index (χ1) is 10.5. The highest BCUT2D eigenvalue weighted by Gasteiger charge is 2.25. The molecule has 1 aromatic heterocycles. The van der Waals surface area contributed by atoms with Crippen LogP contribution >= 0.6 is 0 Å². The number of aliphatic hydroxyl groups excluding tert-OH is 1. The van der Waals surface area contributed by atoms with Crippen LogP contribution in [0.25, 0.3) is 0 Å². The summed E-state index contributed by atoms with van der Waals surface area (Å²) in [6.45, 7) is 7.62. The number of imidazole rings is 1. The van der Waals surface area contributed by atoms with E-state index in [2.05, 4.69) is 28.7 Å². The lowest BCUT2D eigenvalue weighted by Crippen LogP contribution is -2.44. The van der Waals surface area contributed by atoms with E-state index in [9.17, 15) is 9.90 Å². The predicted molar refractivity (Wildman–Crippen MR) is 84.2 cm³/mol. The first kappa shape index (κ1) is 16.9. The van der Waals surface area contributed by atoms with Crippen molar-refractivity contribution in [2.75, 3.05) is 39.8 Å². The summed E-state index contributed by atoms with van der Waals surface area (Å²) in [5, 5.41) is 10.2. The molecule has 0 bridgehead atoms. The largest absolute Gasteiger partial charge is 0.390 e. The fraction of sp³-hybridized carbons (Fsp3) is 0.733. The summed E-state index contributed by atoms with van der Waals surface area (Å²) in [4.78, 5) is 25.4. The van der Waals surface area contributed by atoms with Crippen molar-refractivity contribution in [1.82, 2.24) is 24.7 Å². The molecule has 0 radical (unpaired) electrons. The molecule has 1 atom stereocenters. The van der Waals surface area contributed by atoms with E-state index in [1.54, 1.807) is 17.4 Å². The molecular weight excluding hydrogens is 282 g/mol. The summed E-state index contributed by atoms with van der Waals surface area (Å²) in [5.41, 5.74) is 1.02. The molecule has 1 fully saturated rings. The highest BCUT2D eigenvalue weighted by atomic mass is 16.3. The number of aromatic nitrogens is 2. The van der Waals surface area contributed by atoms with Crippen LogP contribution in [-0.2, 0) is 11.3 Å². The van der Waals surface area contributed by atoms with Gasteiger partial charge in [-0.1, -0.05) is 0 Å². The summed E-state index contributed by atoms with van der Waals surface area (Å²) in [7, 11) is 1.95. The van der Waals surface area contributed by atoms with Crippen molar-refractivity contribution in [3.8, 4) is 0 Å². The Labute approximate surface area is 131 Å². The summed E-state index contributed by atoms with van der Waals surface area (Å²) < 4.78 is 0. The fourth-order valence-corrected chi connectivity index (χ4v) is 2.53. The van der Waals surface area contributed by atoms with Crippen molar-refractivity contribution in [3.63, 3.8) is 0 Å². The number of hydrogen-bond acceptors (Lipinski definition) is 5. The molecule has 7 nitrogen and oxygen atoms in total. The monoisotopic (exact) mass is 309 g/mol. The molecule has 1 aliphatic heterocycles. The summed E-state index contributed by atoms with van der Waals surface area (Å²) in [5.74, 6) is 0.0821. The van der Waals surface area contributed by atoms with Gasteiger partial charge in [-0.2, -0.15) is 0 Å². The minimum absolute atomic E-state index is 0.0821. The van der Waals surface area contributed by atoms with Gasteiger partial charge in [-0.05, 0) is 20.9 Å². The molecule has 0 aromatic carbocycles. The Morgan fingerprint density at radius 2 is 2.27 bits per heavy atom. The fourth-order valence-electron chi connectivity index (χ4n) is 2.53. The molecule has 2 heterocycles. The van der Waals surface area contributed by atoms with E-state index in [4.69, 9.17) is 0 Å². The molecule has 2 rings (SSSR count). The quantitative estimate of drug-likeness (QED) is 0.785. The van der Waals surface area contributed by atoms with Crippen LogP contribution in [0.3, 0.4) is 0 Å². The maximum absolute atomic E-state index is 12.4. The highest BCUT2D eigenvalue weighted by molar-refractivity contribution is 5.78. The van der Waals surface area contributed by atoms with Gasteiger partial charge < -0.3 is 15.0 Å². The van der Waals surface area contributed by atoms with Crippen LogP contribution in [0.4, 0.5) is 0 Å². The van der Waals surface area contributed by atoms with E-state index < -0.39 is 6.10 Å². The molecule has 7 heteroatoms. The number of nitrogens with zero attached hydrogens (tertiary/aromatic N) is 4. The Hall–Kier alpha value is -1.44. The van der Waals surface area contributed by atoms with Crippen LogP contribution in [0.5, 0.6) is 0 Å². The first-order valence-electron chi connectivity index (χ1n) is 7.81. The van der Waals surface area contributed by atoms with Gasteiger partial charge in [0, 0.05) is 50.7 Å². The van der Waals surface area contributed by atoms with E-state index >= 15 is 0 Å². The Bertz CT molecular complexity index is 463. The lowest BCUT2D eigenvalue weighted by atomic mass is 10.3. The number of β-amino-alcohol motifs (C(OH)–C–C–N with tert-alkyl or cyclic N) is 1. The first-order valence-corrected chi connectivity index (χ1v) is 7.81. The van der Waals surface area contributed by atoms with Gasteiger partial charge in [0.15, 0.2) is 0 Å². The number of nitrogens with one attached hydrogen (secondary N) is 1. The van der Waals surface area contributed by atoms with Crippen LogP contribution in [-0.4, -0.2) is 87.6 Å². The Morgan fingerprint density at radius 1 is 1.50 bits per heavy atom. The van der Waals surface area contributed by atoms with E-state index in [1.807, 2.05) is 11.9 Å². The van der Waals surface area contributed by atoms with Crippen molar-refractivity contribution in [2.24, 2.45) is 0 Å².